The Balaban J connectivity index is 2.26. The molecule has 0 spiro atoms. The van der Waals surface area contributed by atoms with Gasteiger partial charge < -0.3 is 14.5 Å². The zero-order valence-electron chi connectivity index (χ0n) is 10.5. The molecule has 0 amide bonds. The summed E-state index contributed by atoms with van der Waals surface area (Å²) < 4.78 is 5.81. The van der Waals surface area contributed by atoms with E-state index < -0.39 is 0 Å². The summed E-state index contributed by atoms with van der Waals surface area (Å²) in [6.45, 7) is 0. The first kappa shape index (κ1) is 11.1. The van der Waals surface area contributed by atoms with E-state index in [4.69, 9.17) is 4.74 Å². The van der Waals surface area contributed by atoms with Gasteiger partial charge in [0.15, 0.2) is 0 Å². The Labute approximate surface area is 97.6 Å². The van der Waals surface area contributed by atoms with Gasteiger partial charge in [0.05, 0.1) is 17.5 Å². The molecule has 0 heterocycles. The van der Waals surface area contributed by atoms with Crippen LogP contribution in [0.1, 0.15) is 12.8 Å². The van der Waals surface area contributed by atoms with Crippen LogP contribution < -0.4 is 14.5 Å². The molecule has 1 aliphatic carbocycles. The summed E-state index contributed by atoms with van der Waals surface area (Å²) >= 11 is 0. The van der Waals surface area contributed by atoms with E-state index in [2.05, 4.69) is 56.2 Å². The summed E-state index contributed by atoms with van der Waals surface area (Å²) in [7, 11) is 8.24. The molecule has 16 heavy (non-hydrogen) atoms. The third-order valence-corrected chi connectivity index (χ3v) is 2.74. The van der Waals surface area contributed by atoms with E-state index in [0.717, 1.165) is 5.75 Å². The molecule has 0 aromatic heterocycles. The third-order valence-electron chi connectivity index (χ3n) is 2.74. The molecule has 1 aliphatic rings. The molecular formula is C13H20N2O. The highest BCUT2D eigenvalue weighted by Crippen LogP contribution is 2.34. The lowest BCUT2D eigenvalue weighted by atomic mass is 10.2. The Morgan fingerprint density at radius 1 is 1.00 bits per heavy atom. The topological polar surface area (TPSA) is 15.7 Å². The molecule has 3 nitrogen and oxygen atoms in total. The van der Waals surface area contributed by atoms with E-state index in [1.165, 1.54) is 24.2 Å². The molecule has 0 unspecified atom stereocenters. The van der Waals surface area contributed by atoms with Gasteiger partial charge in [0.1, 0.15) is 5.75 Å². The van der Waals surface area contributed by atoms with Crippen molar-refractivity contribution >= 4 is 11.4 Å². The number of anilines is 2. The molecule has 2 rings (SSSR count). The van der Waals surface area contributed by atoms with Crippen LogP contribution in [0.15, 0.2) is 18.2 Å². The Bertz CT molecular complexity index is 370. The molecule has 0 N–H and O–H groups in total. The summed E-state index contributed by atoms with van der Waals surface area (Å²) in [5.41, 5.74) is 2.41. The Kier molecular flexibility index (Phi) is 2.95. The van der Waals surface area contributed by atoms with Gasteiger partial charge >= 0.3 is 0 Å². The van der Waals surface area contributed by atoms with Gasteiger partial charge in [0.25, 0.3) is 0 Å². The van der Waals surface area contributed by atoms with Gasteiger partial charge in [-0.25, -0.2) is 0 Å². The fraction of sp³-hybridized carbons (Fsp3) is 0.538. The number of hydrogen-bond donors (Lipinski definition) is 0. The molecule has 1 fully saturated rings. The highest BCUT2D eigenvalue weighted by molar-refractivity contribution is 5.72. The molecule has 1 aromatic rings. The standard InChI is InChI=1S/C13H20N2O/c1-14(2)12-8-7-11(16-10-5-6-10)9-13(12)15(3)4/h7-10H,5-6H2,1-4H3. The highest BCUT2D eigenvalue weighted by Gasteiger charge is 2.23. The van der Waals surface area contributed by atoms with Gasteiger partial charge in [0.2, 0.25) is 0 Å². The summed E-state index contributed by atoms with van der Waals surface area (Å²) in [6, 6.07) is 6.29. The van der Waals surface area contributed by atoms with Crippen molar-refractivity contribution in [2.24, 2.45) is 0 Å². The minimum absolute atomic E-state index is 0.459. The lowest BCUT2D eigenvalue weighted by molar-refractivity contribution is 0.303. The Morgan fingerprint density at radius 2 is 1.62 bits per heavy atom. The van der Waals surface area contributed by atoms with Crippen LogP contribution in [0, 0.1) is 0 Å². The van der Waals surface area contributed by atoms with Crippen molar-refractivity contribution in [3.8, 4) is 5.75 Å². The molecule has 1 saturated carbocycles. The third kappa shape index (κ3) is 2.40. The predicted molar refractivity (Wildman–Crippen MR) is 68.7 cm³/mol. The molecule has 1 aromatic carbocycles. The van der Waals surface area contributed by atoms with Gasteiger partial charge in [-0.1, -0.05) is 0 Å². The Morgan fingerprint density at radius 3 is 2.12 bits per heavy atom. The van der Waals surface area contributed by atoms with E-state index in [1.54, 1.807) is 0 Å². The van der Waals surface area contributed by atoms with Gasteiger partial charge in [-0.3, -0.25) is 0 Å². The lowest BCUT2D eigenvalue weighted by Gasteiger charge is -2.23. The van der Waals surface area contributed by atoms with Gasteiger partial charge in [0, 0.05) is 34.3 Å². The number of benzene rings is 1. The van der Waals surface area contributed by atoms with Crippen LogP contribution in [0.4, 0.5) is 11.4 Å². The summed E-state index contributed by atoms with van der Waals surface area (Å²) in [5, 5.41) is 0. The van der Waals surface area contributed by atoms with Crippen molar-refractivity contribution < 1.29 is 4.74 Å². The van der Waals surface area contributed by atoms with Crippen LogP contribution in [0.2, 0.25) is 0 Å². The van der Waals surface area contributed by atoms with E-state index in [-0.39, 0.29) is 0 Å². The normalized spacial score (nSPS) is 14.8. The summed E-state index contributed by atoms with van der Waals surface area (Å²) in [6.07, 6.45) is 2.86. The smallest absolute Gasteiger partial charge is 0.121 e. The minimum atomic E-state index is 0.459. The zero-order valence-corrected chi connectivity index (χ0v) is 10.5. The first-order valence-corrected chi connectivity index (χ1v) is 5.73. The molecule has 0 aliphatic heterocycles. The predicted octanol–water partition coefficient (Wildman–Crippen LogP) is 2.36. The van der Waals surface area contributed by atoms with Crippen LogP contribution >= 0.6 is 0 Å². The van der Waals surface area contributed by atoms with Gasteiger partial charge in [-0.05, 0) is 25.0 Å². The second kappa shape index (κ2) is 4.24. The minimum Gasteiger partial charge on any atom is -0.490 e. The monoisotopic (exact) mass is 220 g/mol. The van der Waals surface area contributed by atoms with Gasteiger partial charge in [-0.15, -0.1) is 0 Å². The second-order valence-electron chi connectivity index (χ2n) is 4.76. The van der Waals surface area contributed by atoms with Crippen LogP contribution in [-0.2, 0) is 0 Å². The molecule has 88 valence electrons. The zero-order chi connectivity index (χ0) is 11.7. The van der Waals surface area contributed by atoms with E-state index >= 15 is 0 Å². The first-order valence-electron chi connectivity index (χ1n) is 5.73. The maximum Gasteiger partial charge on any atom is 0.121 e. The molecule has 0 radical (unpaired) electrons. The number of nitrogens with zero attached hydrogens (tertiary/aromatic N) is 2. The number of rotatable bonds is 4. The first-order chi connectivity index (χ1) is 7.58. The molecular weight excluding hydrogens is 200 g/mol. The van der Waals surface area contributed by atoms with E-state index in [9.17, 15) is 0 Å². The van der Waals surface area contributed by atoms with Crippen molar-refractivity contribution in [3.63, 3.8) is 0 Å². The quantitative estimate of drug-likeness (QED) is 0.774. The number of ether oxygens (including phenoxy) is 1. The highest BCUT2D eigenvalue weighted by atomic mass is 16.5. The molecule has 0 atom stereocenters. The Hall–Kier alpha value is -1.38. The van der Waals surface area contributed by atoms with Crippen molar-refractivity contribution in [1.82, 2.24) is 0 Å². The van der Waals surface area contributed by atoms with Crippen molar-refractivity contribution in [2.75, 3.05) is 38.0 Å². The summed E-state index contributed by atoms with van der Waals surface area (Å²) in [4.78, 5) is 4.24. The average molecular weight is 220 g/mol. The fourth-order valence-corrected chi connectivity index (χ4v) is 1.69. The van der Waals surface area contributed by atoms with E-state index in [1.807, 2.05) is 0 Å². The SMILES string of the molecule is CN(C)c1ccc(OC2CC2)cc1N(C)C. The largest absolute Gasteiger partial charge is 0.490 e. The van der Waals surface area contributed by atoms with Crippen LogP contribution in [0.3, 0.4) is 0 Å². The number of hydrogen-bond acceptors (Lipinski definition) is 3. The maximum absolute atomic E-state index is 5.81. The van der Waals surface area contributed by atoms with Crippen LogP contribution in [0.25, 0.3) is 0 Å². The molecule has 0 saturated heterocycles. The van der Waals surface area contributed by atoms with Crippen molar-refractivity contribution in [1.29, 1.82) is 0 Å². The van der Waals surface area contributed by atoms with Crippen molar-refractivity contribution in [3.05, 3.63) is 18.2 Å². The van der Waals surface area contributed by atoms with Crippen LogP contribution in [-0.4, -0.2) is 34.3 Å². The van der Waals surface area contributed by atoms with Gasteiger partial charge in [-0.2, -0.15) is 0 Å². The summed E-state index contributed by atoms with van der Waals surface area (Å²) in [5.74, 6) is 0.983. The van der Waals surface area contributed by atoms with Crippen LogP contribution in [0.5, 0.6) is 5.75 Å². The average Bonchev–Trinajstić information content (AvgIpc) is 3.01. The fourth-order valence-electron chi connectivity index (χ4n) is 1.69. The molecule has 3 heteroatoms. The lowest BCUT2D eigenvalue weighted by Crippen LogP contribution is -2.16. The second-order valence-corrected chi connectivity index (χ2v) is 4.76. The molecule has 0 bridgehead atoms. The van der Waals surface area contributed by atoms with E-state index in [0.29, 0.717) is 6.10 Å². The maximum atomic E-state index is 5.81. The van der Waals surface area contributed by atoms with Crippen molar-refractivity contribution in [2.45, 2.75) is 18.9 Å².